The van der Waals surface area contributed by atoms with Gasteiger partial charge < -0.3 is 14.8 Å². The fourth-order valence-electron chi connectivity index (χ4n) is 2.88. The molecule has 1 heterocycles. The van der Waals surface area contributed by atoms with Gasteiger partial charge >= 0.3 is 0 Å². The SMILES string of the molecule is COc1ccc(C(=O)Nc2cccc(S(=O)(=O)N3CCOCC3C)c2)cc1. The molecular weight excluding hydrogens is 368 g/mol. The second-order valence-electron chi connectivity index (χ2n) is 6.25. The number of ether oxygens (including phenoxy) is 2. The summed E-state index contributed by atoms with van der Waals surface area (Å²) >= 11 is 0. The summed E-state index contributed by atoms with van der Waals surface area (Å²) in [5.74, 6) is 0.325. The number of rotatable bonds is 5. The van der Waals surface area contributed by atoms with E-state index in [0.29, 0.717) is 36.8 Å². The Balaban J connectivity index is 1.79. The van der Waals surface area contributed by atoms with E-state index in [2.05, 4.69) is 5.32 Å². The predicted molar refractivity (Wildman–Crippen MR) is 102 cm³/mol. The lowest BCUT2D eigenvalue weighted by Gasteiger charge is -2.32. The molecule has 0 bridgehead atoms. The molecule has 1 unspecified atom stereocenters. The number of methoxy groups -OCH3 is 1. The van der Waals surface area contributed by atoms with Gasteiger partial charge in [0, 0.05) is 23.8 Å². The number of benzene rings is 2. The molecule has 7 nitrogen and oxygen atoms in total. The lowest BCUT2D eigenvalue weighted by atomic mass is 10.2. The molecule has 1 aliphatic rings. The molecule has 0 saturated carbocycles. The van der Waals surface area contributed by atoms with Crippen molar-refractivity contribution >= 4 is 21.6 Å². The number of nitrogens with one attached hydrogen (secondary N) is 1. The van der Waals surface area contributed by atoms with E-state index < -0.39 is 10.0 Å². The average Bonchev–Trinajstić information content (AvgIpc) is 2.68. The van der Waals surface area contributed by atoms with Gasteiger partial charge in [-0.1, -0.05) is 6.07 Å². The molecule has 1 saturated heterocycles. The van der Waals surface area contributed by atoms with E-state index in [1.807, 2.05) is 6.92 Å². The van der Waals surface area contributed by atoms with Gasteiger partial charge in [-0.3, -0.25) is 4.79 Å². The molecule has 0 aliphatic carbocycles. The third kappa shape index (κ3) is 4.29. The van der Waals surface area contributed by atoms with Gasteiger partial charge in [0.2, 0.25) is 10.0 Å². The number of sulfonamides is 1. The molecule has 3 rings (SSSR count). The smallest absolute Gasteiger partial charge is 0.255 e. The van der Waals surface area contributed by atoms with Gasteiger partial charge in [-0.05, 0) is 49.4 Å². The molecule has 144 valence electrons. The topological polar surface area (TPSA) is 84.9 Å². The van der Waals surface area contributed by atoms with E-state index in [1.54, 1.807) is 43.5 Å². The molecule has 8 heteroatoms. The maximum absolute atomic E-state index is 12.9. The summed E-state index contributed by atoms with van der Waals surface area (Å²) < 4.78 is 37.7. The number of carbonyl (C=O) groups excluding carboxylic acids is 1. The van der Waals surface area contributed by atoms with Crippen LogP contribution in [0.25, 0.3) is 0 Å². The average molecular weight is 390 g/mol. The maximum Gasteiger partial charge on any atom is 0.255 e. The molecule has 0 spiro atoms. The van der Waals surface area contributed by atoms with Crippen LogP contribution in [-0.4, -0.2) is 51.5 Å². The predicted octanol–water partition coefficient (Wildman–Crippen LogP) is 2.36. The number of anilines is 1. The Bertz CT molecular complexity index is 912. The molecule has 2 aromatic rings. The van der Waals surface area contributed by atoms with Crippen molar-refractivity contribution in [1.82, 2.24) is 4.31 Å². The summed E-state index contributed by atoms with van der Waals surface area (Å²) in [7, 11) is -2.11. The Kier molecular flexibility index (Phi) is 5.79. The molecule has 1 atom stereocenters. The van der Waals surface area contributed by atoms with Crippen molar-refractivity contribution < 1.29 is 22.7 Å². The molecule has 27 heavy (non-hydrogen) atoms. The summed E-state index contributed by atoms with van der Waals surface area (Å²) in [6.07, 6.45) is 0. The number of nitrogens with zero attached hydrogens (tertiary/aromatic N) is 1. The molecule has 1 aliphatic heterocycles. The molecule has 1 fully saturated rings. The Morgan fingerprint density at radius 2 is 1.96 bits per heavy atom. The number of carbonyl (C=O) groups is 1. The van der Waals surface area contributed by atoms with Gasteiger partial charge in [-0.2, -0.15) is 4.31 Å². The van der Waals surface area contributed by atoms with Crippen LogP contribution in [0.15, 0.2) is 53.4 Å². The Hall–Kier alpha value is -2.42. The minimum absolute atomic E-state index is 0.142. The van der Waals surface area contributed by atoms with Crippen LogP contribution in [-0.2, 0) is 14.8 Å². The Morgan fingerprint density at radius 1 is 1.22 bits per heavy atom. The first-order valence-corrected chi connectivity index (χ1v) is 10.0. The van der Waals surface area contributed by atoms with Crippen LogP contribution < -0.4 is 10.1 Å². The molecule has 1 amide bonds. The minimum Gasteiger partial charge on any atom is -0.497 e. The fourth-order valence-corrected chi connectivity index (χ4v) is 4.53. The van der Waals surface area contributed by atoms with E-state index >= 15 is 0 Å². The maximum atomic E-state index is 12.9. The van der Waals surface area contributed by atoms with Crippen molar-refractivity contribution in [3.8, 4) is 5.75 Å². The highest BCUT2D eigenvalue weighted by molar-refractivity contribution is 7.89. The lowest BCUT2D eigenvalue weighted by Crippen LogP contribution is -2.46. The van der Waals surface area contributed by atoms with Gasteiger partial charge in [0.1, 0.15) is 5.75 Å². The molecule has 2 aromatic carbocycles. The van der Waals surface area contributed by atoms with E-state index in [-0.39, 0.29) is 16.8 Å². The zero-order valence-corrected chi connectivity index (χ0v) is 16.0. The summed E-state index contributed by atoms with van der Waals surface area (Å²) in [5.41, 5.74) is 0.865. The number of hydrogen-bond donors (Lipinski definition) is 1. The lowest BCUT2D eigenvalue weighted by molar-refractivity contribution is 0.0393. The third-order valence-electron chi connectivity index (χ3n) is 4.36. The van der Waals surface area contributed by atoms with Gasteiger partial charge in [0.25, 0.3) is 5.91 Å². The van der Waals surface area contributed by atoms with Crippen LogP contribution in [0.4, 0.5) is 5.69 Å². The second-order valence-corrected chi connectivity index (χ2v) is 8.14. The molecule has 0 radical (unpaired) electrons. The van der Waals surface area contributed by atoms with Crippen molar-refractivity contribution in [3.05, 3.63) is 54.1 Å². The zero-order valence-electron chi connectivity index (χ0n) is 15.2. The third-order valence-corrected chi connectivity index (χ3v) is 6.37. The van der Waals surface area contributed by atoms with Crippen LogP contribution in [0.1, 0.15) is 17.3 Å². The van der Waals surface area contributed by atoms with Crippen molar-refractivity contribution in [3.63, 3.8) is 0 Å². The van der Waals surface area contributed by atoms with Crippen molar-refractivity contribution in [2.45, 2.75) is 17.9 Å². The normalized spacial score (nSPS) is 18.1. The van der Waals surface area contributed by atoms with Crippen molar-refractivity contribution in [1.29, 1.82) is 0 Å². The van der Waals surface area contributed by atoms with E-state index in [4.69, 9.17) is 9.47 Å². The first kappa shape index (κ1) is 19.3. The van der Waals surface area contributed by atoms with Crippen molar-refractivity contribution in [2.24, 2.45) is 0 Å². The Labute approximate surface area is 158 Å². The fraction of sp³-hybridized carbons (Fsp3) is 0.316. The number of amides is 1. The van der Waals surface area contributed by atoms with Crippen LogP contribution in [0.3, 0.4) is 0 Å². The van der Waals surface area contributed by atoms with Crippen LogP contribution in [0.5, 0.6) is 5.75 Å². The molecule has 1 N–H and O–H groups in total. The molecule has 0 aromatic heterocycles. The van der Waals surface area contributed by atoms with Crippen LogP contribution in [0, 0.1) is 0 Å². The van der Waals surface area contributed by atoms with Crippen molar-refractivity contribution in [2.75, 3.05) is 32.2 Å². The quantitative estimate of drug-likeness (QED) is 0.847. The Morgan fingerprint density at radius 3 is 2.63 bits per heavy atom. The van der Waals surface area contributed by atoms with E-state index in [0.717, 1.165) is 0 Å². The molecular formula is C19H22N2O5S. The van der Waals surface area contributed by atoms with Crippen LogP contribution in [0.2, 0.25) is 0 Å². The van der Waals surface area contributed by atoms with Crippen LogP contribution >= 0.6 is 0 Å². The largest absolute Gasteiger partial charge is 0.497 e. The van der Waals surface area contributed by atoms with Gasteiger partial charge in [-0.25, -0.2) is 8.42 Å². The summed E-state index contributed by atoms with van der Waals surface area (Å²) in [6, 6.07) is 12.7. The van der Waals surface area contributed by atoms with Gasteiger partial charge in [0.15, 0.2) is 0 Å². The highest BCUT2D eigenvalue weighted by Gasteiger charge is 2.31. The van der Waals surface area contributed by atoms with Gasteiger partial charge in [-0.15, -0.1) is 0 Å². The summed E-state index contributed by atoms with van der Waals surface area (Å²) in [4.78, 5) is 12.5. The first-order chi connectivity index (χ1) is 12.9. The second kappa shape index (κ2) is 8.08. The number of hydrogen-bond acceptors (Lipinski definition) is 5. The van der Waals surface area contributed by atoms with Gasteiger partial charge in [0.05, 0.1) is 25.2 Å². The first-order valence-electron chi connectivity index (χ1n) is 8.57. The summed E-state index contributed by atoms with van der Waals surface area (Å²) in [6.45, 7) is 2.86. The highest BCUT2D eigenvalue weighted by Crippen LogP contribution is 2.23. The highest BCUT2D eigenvalue weighted by atomic mass is 32.2. The van der Waals surface area contributed by atoms with E-state index in [1.165, 1.54) is 16.4 Å². The van der Waals surface area contributed by atoms with E-state index in [9.17, 15) is 13.2 Å². The monoisotopic (exact) mass is 390 g/mol. The minimum atomic E-state index is -3.66. The standard InChI is InChI=1S/C19H22N2O5S/c1-14-13-26-11-10-21(14)27(23,24)18-5-3-4-16(12-18)20-19(22)15-6-8-17(25-2)9-7-15/h3-9,12,14H,10-11,13H2,1-2H3,(H,20,22). The number of morpholine rings is 1. The zero-order chi connectivity index (χ0) is 19.4. The summed E-state index contributed by atoms with van der Waals surface area (Å²) in [5, 5.41) is 2.73.